The highest BCUT2D eigenvalue weighted by molar-refractivity contribution is 6.02. The number of nitrogens with zero attached hydrogens (tertiary/aromatic N) is 5. The van der Waals surface area contributed by atoms with Gasteiger partial charge in [-0.1, -0.05) is 13.8 Å². The zero-order chi connectivity index (χ0) is 18.0. The molecule has 1 atom stereocenters. The monoisotopic (exact) mass is 336 g/mol. The molecular weight excluding hydrogens is 316 g/mol. The second-order valence-electron chi connectivity index (χ2n) is 6.51. The number of nitrogens with one attached hydrogen (secondary N) is 1. The topological polar surface area (TPSA) is 94.8 Å². The summed E-state index contributed by atoms with van der Waals surface area (Å²) in [6.45, 7) is 6.25. The molecule has 2 aromatic rings. The molecule has 7 heteroatoms. The molecule has 0 radical (unpaired) electrons. The van der Waals surface area contributed by atoms with E-state index in [1.54, 1.807) is 23.2 Å². The van der Waals surface area contributed by atoms with E-state index < -0.39 is 5.41 Å². The van der Waals surface area contributed by atoms with Gasteiger partial charge in [0.25, 0.3) is 0 Å². The number of hydrogen-bond donors (Lipinski definition) is 1. The lowest BCUT2D eigenvalue weighted by Gasteiger charge is -2.24. The molecule has 1 amide bonds. The zero-order valence-corrected chi connectivity index (χ0v) is 14.5. The molecule has 1 N–H and O–H groups in total. The normalized spacial score (nSPS) is 20.0. The lowest BCUT2D eigenvalue weighted by atomic mass is 9.77. The third-order valence-corrected chi connectivity index (χ3v) is 4.66. The molecule has 0 bridgehead atoms. The zero-order valence-electron chi connectivity index (χ0n) is 14.5. The van der Waals surface area contributed by atoms with Crippen molar-refractivity contribution in [1.29, 1.82) is 5.26 Å². The standard InChI is InChI=1S/C18H20N6O/c1-12(2)18(10-19)5-7-24(17(18)25)14-4-6-20-16(9-14)23-15-8-13(3)21-11-22-15/h4,6,8-9,11-12H,5,7H2,1-3H3,(H,20,21,22,23). The summed E-state index contributed by atoms with van der Waals surface area (Å²) in [6, 6.07) is 7.64. The maximum Gasteiger partial charge on any atom is 0.247 e. The lowest BCUT2D eigenvalue weighted by Crippen LogP contribution is -2.37. The van der Waals surface area contributed by atoms with Gasteiger partial charge in [-0.25, -0.2) is 15.0 Å². The molecule has 3 heterocycles. The molecule has 2 aromatic heterocycles. The molecule has 128 valence electrons. The Bertz CT molecular complexity index is 843. The summed E-state index contributed by atoms with van der Waals surface area (Å²) in [5.74, 6) is 1.05. The van der Waals surface area contributed by atoms with Crippen LogP contribution in [0.5, 0.6) is 0 Å². The minimum Gasteiger partial charge on any atom is -0.325 e. The molecule has 1 fully saturated rings. The Hall–Kier alpha value is -3.01. The van der Waals surface area contributed by atoms with Crippen molar-refractivity contribution in [3.8, 4) is 6.07 Å². The van der Waals surface area contributed by atoms with Crippen LogP contribution < -0.4 is 10.2 Å². The average molecular weight is 336 g/mol. The van der Waals surface area contributed by atoms with Crippen molar-refractivity contribution in [2.75, 3.05) is 16.8 Å². The molecule has 25 heavy (non-hydrogen) atoms. The third kappa shape index (κ3) is 3.03. The van der Waals surface area contributed by atoms with Crippen molar-refractivity contribution in [2.24, 2.45) is 11.3 Å². The van der Waals surface area contributed by atoms with Crippen molar-refractivity contribution in [3.05, 3.63) is 36.4 Å². The summed E-state index contributed by atoms with van der Waals surface area (Å²) in [4.78, 5) is 27.0. The first-order chi connectivity index (χ1) is 12.0. The molecular formula is C18H20N6O. The van der Waals surface area contributed by atoms with Gasteiger partial charge in [0, 0.05) is 36.3 Å². The van der Waals surface area contributed by atoms with Gasteiger partial charge in [0.05, 0.1) is 6.07 Å². The van der Waals surface area contributed by atoms with Crippen LogP contribution in [0.4, 0.5) is 17.3 Å². The van der Waals surface area contributed by atoms with Crippen LogP contribution in [-0.2, 0) is 4.79 Å². The number of carbonyl (C=O) groups is 1. The van der Waals surface area contributed by atoms with Crippen LogP contribution in [0.3, 0.4) is 0 Å². The number of aromatic nitrogens is 3. The summed E-state index contributed by atoms with van der Waals surface area (Å²) in [5, 5.41) is 12.7. The highest BCUT2D eigenvalue weighted by atomic mass is 16.2. The van der Waals surface area contributed by atoms with Gasteiger partial charge in [0.2, 0.25) is 5.91 Å². The molecule has 0 spiro atoms. The van der Waals surface area contributed by atoms with Gasteiger partial charge in [-0.2, -0.15) is 5.26 Å². The molecule has 1 unspecified atom stereocenters. The Kier molecular flexibility index (Phi) is 4.36. The minimum absolute atomic E-state index is 0.0292. The second-order valence-corrected chi connectivity index (χ2v) is 6.51. The van der Waals surface area contributed by atoms with Crippen LogP contribution >= 0.6 is 0 Å². The van der Waals surface area contributed by atoms with Gasteiger partial charge in [0.15, 0.2) is 0 Å². The smallest absolute Gasteiger partial charge is 0.247 e. The van der Waals surface area contributed by atoms with Crippen molar-refractivity contribution in [2.45, 2.75) is 27.2 Å². The van der Waals surface area contributed by atoms with Gasteiger partial charge in [-0.3, -0.25) is 4.79 Å². The highest BCUT2D eigenvalue weighted by Gasteiger charge is 2.49. The maximum absolute atomic E-state index is 12.9. The average Bonchev–Trinajstić information content (AvgIpc) is 2.93. The molecule has 0 aromatic carbocycles. The largest absolute Gasteiger partial charge is 0.325 e. The molecule has 0 aliphatic carbocycles. The predicted octanol–water partition coefficient (Wildman–Crippen LogP) is 2.83. The Morgan fingerprint density at radius 1 is 1.28 bits per heavy atom. The fourth-order valence-corrected chi connectivity index (χ4v) is 3.06. The van der Waals surface area contributed by atoms with E-state index in [2.05, 4.69) is 26.3 Å². The summed E-state index contributed by atoms with van der Waals surface area (Å²) < 4.78 is 0. The Morgan fingerprint density at radius 2 is 2.04 bits per heavy atom. The number of rotatable bonds is 4. The van der Waals surface area contributed by atoms with Crippen molar-refractivity contribution in [1.82, 2.24) is 15.0 Å². The first-order valence-electron chi connectivity index (χ1n) is 8.21. The van der Waals surface area contributed by atoms with Crippen LogP contribution in [0.1, 0.15) is 26.0 Å². The van der Waals surface area contributed by atoms with E-state index in [-0.39, 0.29) is 11.8 Å². The Balaban J connectivity index is 1.85. The molecule has 7 nitrogen and oxygen atoms in total. The van der Waals surface area contributed by atoms with E-state index in [1.165, 1.54) is 6.33 Å². The molecule has 0 saturated carbocycles. The van der Waals surface area contributed by atoms with Crippen LogP contribution in [0.2, 0.25) is 0 Å². The SMILES string of the molecule is Cc1cc(Nc2cc(N3CCC(C#N)(C(C)C)C3=O)ccn2)ncn1. The number of aryl methyl sites for hydroxylation is 1. The summed E-state index contributed by atoms with van der Waals surface area (Å²) in [7, 11) is 0. The lowest BCUT2D eigenvalue weighted by molar-refractivity contribution is -0.124. The second kappa shape index (κ2) is 6.48. The van der Waals surface area contributed by atoms with Gasteiger partial charge < -0.3 is 10.2 Å². The molecule has 1 aliphatic heterocycles. The number of amides is 1. The number of nitriles is 1. The molecule has 1 saturated heterocycles. The van der Waals surface area contributed by atoms with Crippen molar-refractivity contribution >= 4 is 23.2 Å². The van der Waals surface area contributed by atoms with Gasteiger partial charge >= 0.3 is 0 Å². The quantitative estimate of drug-likeness (QED) is 0.922. The summed E-state index contributed by atoms with van der Waals surface area (Å²) in [5.41, 5.74) is 0.630. The maximum atomic E-state index is 12.9. The summed E-state index contributed by atoms with van der Waals surface area (Å²) >= 11 is 0. The van der Waals surface area contributed by atoms with Crippen molar-refractivity contribution < 1.29 is 4.79 Å². The predicted molar refractivity (Wildman–Crippen MR) is 94.1 cm³/mol. The van der Waals surface area contributed by atoms with E-state index in [4.69, 9.17) is 0 Å². The minimum atomic E-state index is -0.944. The first-order valence-corrected chi connectivity index (χ1v) is 8.21. The van der Waals surface area contributed by atoms with E-state index in [0.717, 1.165) is 11.4 Å². The van der Waals surface area contributed by atoms with Gasteiger partial charge in [-0.15, -0.1) is 0 Å². The van der Waals surface area contributed by atoms with Crippen LogP contribution in [0, 0.1) is 29.6 Å². The van der Waals surface area contributed by atoms with Crippen LogP contribution in [0.15, 0.2) is 30.7 Å². The van der Waals surface area contributed by atoms with Gasteiger partial charge in [-0.05, 0) is 25.3 Å². The number of hydrogen-bond acceptors (Lipinski definition) is 6. The van der Waals surface area contributed by atoms with Gasteiger partial charge in [0.1, 0.15) is 23.4 Å². The molecule has 1 aliphatic rings. The number of carbonyl (C=O) groups excluding carboxylic acids is 1. The Labute approximate surface area is 146 Å². The summed E-state index contributed by atoms with van der Waals surface area (Å²) in [6.07, 6.45) is 3.66. The molecule has 3 rings (SSSR count). The number of anilines is 3. The van der Waals surface area contributed by atoms with Crippen molar-refractivity contribution in [3.63, 3.8) is 0 Å². The van der Waals surface area contributed by atoms with E-state index in [9.17, 15) is 10.1 Å². The fourth-order valence-electron chi connectivity index (χ4n) is 3.06. The van der Waals surface area contributed by atoms with Crippen LogP contribution in [-0.4, -0.2) is 27.4 Å². The highest BCUT2D eigenvalue weighted by Crippen LogP contribution is 2.40. The van der Waals surface area contributed by atoms with E-state index in [0.29, 0.717) is 24.6 Å². The Morgan fingerprint density at radius 3 is 2.68 bits per heavy atom. The van der Waals surface area contributed by atoms with E-state index >= 15 is 0 Å². The third-order valence-electron chi connectivity index (χ3n) is 4.66. The first kappa shape index (κ1) is 16.8. The fraction of sp³-hybridized carbons (Fsp3) is 0.389. The van der Waals surface area contributed by atoms with Crippen LogP contribution in [0.25, 0.3) is 0 Å². The van der Waals surface area contributed by atoms with E-state index in [1.807, 2.05) is 26.8 Å². The number of pyridine rings is 1.